The first-order valence-electron chi connectivity index (χ1n) is 3.09. The van der Waals surface area contributed by atoms with Crippen LogP contribution in [0.15, 0.2) is 16.5 Å². The molecule has 0 atom stereocenters. The van der Waals surface area contributed by atoms with Crippen molar-refractivity contribution < 1.29 is 9.52 Å². The van der Waals surface area contributed by atoms with E-state index in [9.17, 15) is 0 Å². The van der Waals surface area contributed by atoms with Crippen LogP contribution in [-0.4, -0.2) is 19.2 Å². The summed E-state index contributed by atoms with van der Waals surface area (Å²) in [5.74, 6) is 0.102. The van der Waals surface area contributed by atoms with Crippen LogP contribution in [0.2, 0.25) is 5.22 Å². The first-order valence-corrected chi connectivity index (χ1v) is 3.47. The zero-order valence-electron chi connectivity index (χ0n) is 6.34. The van der Waals surface area contributed by atoms with Crippen LogP contribution in [-0.2, 0) is 0 Å². The van der Waals surface area contributed by atoms with E-state index in [0.29, 0.717) is 5.55 Å². The van der Waals surface area contributed by atoms with Crippen LogP contribution in [0.3, 0.4) is 0 Å². The largest absolute Gasteiger partial charge is 0.507 e. The molecule has 0 radical (unpaired) electrons. The van der Waals surface area contributed by atoms with Crippen LogP contribution >= 0.6 is 11.6 Å². The summed E-state index contributed by atoms with van der Waals surface area (Å²) < 4.78 is 6.76. The maximum atomic E-state index is 9.07. The van der Waals surface area contributed by atoms with Crippen LogP contribution in [0.1, 0.15) is 0 Å². The Kier molecular flexibility index (Phi) is 2.19. The lowest BCUT2D eigenvalue weighted by atomic mass is 10.5. The molecule has 0 saturated carbocycles. The van der Waals surface area contributed by atoms with Crippen molar-refractivity contribution in [1.82, 2.24) is 4.58 Å². The fourth-order valence-corrected chi connectivity index (χ4v) is 0.854. The molecule has 0 aliphatic rings. The molecule has 0 spiro atoms. The Morgan fingerprint density at radius 3 is 2.55 bits per heavy atom. The van der Waals surface area contributed by atoms with Gasteiger partial charge in [-0.2, -0.15) is 0 Å². The first-order chi connectivity index (χ1) is 5.09. The van der Waals surface area contributed by atoms with E-state index in [1.54, 1.807) is 18.7 Å². The first kappa shape index (κ1) is 8.14. The fourth-order valence-electron chi connectivity index (χ4n) is 0.664. The highest BCUT2D eigenvalue weighted by Crippen LogP contribution is 2.11. The summed E-state index contributed by atoms with van der Waals surface area (Å²) in [7, 11) is 3.60. The van der Waals surface area contributed by atoms with Crippen LogP contribution in [0.5, 0.6) is 5.75 Å². The molecule has 1 N–H and O–H groups in total. The number of halogens is 1. The summed E-state index contributed by atoms with van der Waals surface area (Å²) in [5, 5.41) is 9.25. The Hall–Kier alpha value is -0.960. The van der Waals surface area contributed by atoms with Crippen LogP contribution < -0.4 is 10.1 Å². The third-order valence-electron chi connectivity index (χ3n) is 1.18. The molecule has 4 heteroatoms. The summed E-state index contributed by atoms with van der Waals surface area (Å²) in [4.78, 5) is 0. The van der Waals surface area contributed by atoms with Gasteiger partial charge in [0.05, 0.1) is 6.07 Å². The maximum Gasteiger partial charge on any atom is 0.372 e. The summed E-state index contributed by atoms with van der Waals surface area (Å²) in [6.07, 6.45) is 0. The zero-order chi connectivity index (χ0) is 8.43. The van der Waals surface area contributed by atoms with Crippen molar-refractivity contribution in [2.75, 3.05) is 14.1 Å². The number of hydrogen-bond donors (Lipinski definition) is 1. The highest BCUT2D eigenvalue weighted by Gasteiger charge is 1.99. The van der Waals surface area contributed by atoms with Gasteiger partial charge in [-0.05, 0) is 11.6 Å². The van der Waals surface area contributed by atoms with Crippen LogP contribution in [0, 0.1) is 0 Å². The molecule has 3 nitrogen and oxygen atoms in total. The van der Waals surface area contributed by atoms with Gasteiger partial charge in [-0.15, -0.1) is 0 Å². The molecule has 0 saturated heterocycles. The van der Waals surface area contributed by atoms with E-state index >= 15 is 0 Å². The minimum Gasteiger partial charge on any atom is -0.507 e. The van der Waals surface area contributed by atoms with Crippen LogP contribution in [0.25, 0.3) is 0 Å². The van der Waals surface area contributed by atoms with Crippen molar-refractivity contribution in [2.45, 2.75) is 0 Å². The van der Waals surface area contributed by atoms with Crippen molar-refractivity contribution in [1.29, 1.82) is 0 Å². The molecule has 1 aromatic heterocycles. The van der Waals surface area contributed by atoms with Crippen LogP contribution in [0.4, 0.5) is 0 Å². The molecule has 60 valence electrons. The van der Waals surface area contributed by atoms with Gasteiger partial charge in [-0.25, -0.2) is 4.58 Å². The molecule has 1 rings (SSSR count). The second-order valence-electron chi connectivity index (χ2n) is 2.35. The molecular formula is C7H9ClNO2+. The predicted octanol–water partition coefficient (Wildman–Crippen LogP) is 0.670. The van der Waals surface area contributed by atoms with Gasteiger partial charge < -0.3 is 9.52 Å². The lowest BCUT2D eigenvalue weighted by Crippen LogP contribution is -2.20. The summed E-state index contributed by atoms with van der Waals surface area (Å²) in [6, 6.07) is 2.83. The molecule has 0 unspecified atom stereocenters. The molecular weight excluding hydrogens is 166 g/mol. The normalized spacial score (nSPS) is 9.73. The van der Waals surface area contributed by atoms with Gasteiger partial charge in [0.25, 0.3) is 0 Å². The van der Waals surface area contributed by atoms with Crippen molar-refractivity contribution in [2.24, 2.45) is 0 Å². The lowest BCUT2D eigenvalue weighted by Gasteiger charge is -1.90. The number of aromatic hydroxyl groups is 1. The molecule has 0 aliphatic heterocycles. The fraction of sp³-hybridized carbons (Fsp3) is 0.286. The van der Waals surface area contributed by atoms with E-state index in [-0.39, 0.29) is 11.0 Å². The zero-order valence-corrected chi connectivity index (χ0v) is 7.09. The number of rotatable bonds is 0. The van der Waals surface area contributed by atoms with E-state index in [2.05, 4.69) is 0 Å². The topological polar surface area (TPSA) is 36.4 Å². The molecule has 11 heavy (non-hydrogen) atoms. The van der Waals surface area contributed by atoms with Crippen molar-refractivity contribution in [3.8, 4) is 5.75 Å². The third kappa shape index (κ3) is 1.98. The SMILES string of the molecule is C[N+](C)=c1cc(O)cc(Cl)o1. The Morgan fingerprint density at radius 1 is 1.45 bits per heavy atom. The van der Waals surface area contributed by atoms with Gasteiger partial charge in [0, 0.05) is 6.07 Å². The molecule has 0 amide bonds. The van der Waals surface area contributed by atoms with E-state index in [1.807, 2.05) is 0 Å². The summed E-state index contributed by atoms with van der Waals surface area (Å²) in [6.45, 7) is 0. The van der Waals surface area contributed by atoms with Crippen molar-refractivity contribution in [3.63, 3.8) is 0 Å². The third-order valence-corrected chi connectivity index (χ3v) is 1.36. The van der Waals surface area contributed by atoms with Crippen molar-refractivity contribution in [3.05, 3.63) is 22.9 Å². The Labute approximate surface area is 69.2 Å². The Bertz CT molecular complexity index is 302. The summed E-state index contributed by atoms with van der Waals surface area (Å²) in [5.41, 5.74) is 0.523. The summed E-state index contributed by atoms with van der Waals surface area (Å²) >= 11 is 5.54. The maximum absolute atomic E-state index is 9.07. The average Bonchev–Trinajstić information content (AvgIpc) is 1.85. The van der Waals surface area contributed by atoms with E-state index in [4.69, 9.17) is 21.1 Å². The van der Waals surface area contributed by atoms with Gasteiger partial charge in [0.1, 0.15) is 19.8 Å². The van der Waals surface area contributed by atoms with E-state index in [1.165, 1.54) is 12.1 Å². The average molecular weight is 175 g/mol. The van der Waals surface area contributed by atoms with Gasteiger partial charge >= 0.3 is 5.55 Å². The van der Waals surface area contributed by atoms with E-state index < -0.39 is 0 Å². The second-order valence-corrected chi connectivity index (χ2v) is 2.72. The smallest absolute Gasteiger partial charge is 0.372 e. The monoisotopic (exact) mass is 174 g/mol. The minimum absolute atomic E-state index is 0.102. The highest BCUT2D eigenvalue weighted by molar-refractivity contribution is 6.28. The molecule has 1 aromatic rings. The van der Waals surface area contributed by atoms with Crippen molar-refractivity contribution >= 4 is 11.6 Å². The van der Waals surface area contributed by atoms with Gasteiger partial charge in [0.2, 0.25) is 5.22 Å². The van der Waals surface area contributed by atoms with Gasteiger partial charge in [-0.3, -0.25) is 0 Å². The van der Waals surface area contributed by atoms with E-state index in [0.717, 1.165) is 0 Å². The standard InChI is InChI=1S/C7H8ClNO2/c1-9(2)7-4-5(10)3-6(8)11-7/h3-4H,1-2H3/p+1. The van der Waals surface area contributed by atoms with Gasteiger partial charge in [0.15, 0.2) is 0 Å². The van der Waals surface area contributed by atoms with Gasteiger partial charge in [-0.1, -0.05) is 0 Å². The second kappa shape index (κ2) is 2.96. The highest BCUT2D eigenvalue weighted by atomic mass is 35.5. The quantitative estimate of drug-likeness (QED) is 0.587. The minimum atomic E-state index is 0.102. The molecule has 0 aliphatic carbocycles. The predicted molar refractivity (Wildman–Crippen MR) is 42.5 cm³/mol. The lowest BCUT2D eigenvalue weighted by molar-refractivity contribution is 0.423. The number of hydrogen-bond acceptors (Lipinski definition) is 2. The Balaban J connectivity index is 3.43. The molecule has 0 aromatic carbocycles. The molecule has 0 bridgehead atoms. The molecule has 0 fully saturated rings. The molecule has 1 heterocycles. The Morgan fingerprint density at radius 2 is 2.09 bits per heavy atom. The number of nitrogens with zero attached hydrogens (tertiary/aromatic N) is 1.